The summed E-state index contributed by atoms with van der Waals surface area (Å²) in [6.07, 6.45) is 9.23. The Kier molecular flexibility index (Phi) is 7.65. The Morgan fingerprint density at radius 3 is 1.47 bits per heavy atom. The van der Waals surface area contributed by atoms with Crippen molar-refractivity contribution in [2.75, 3.05) is 0 Å². The van der Waals surface area contributed by atoms with E-state index in [2.05, 4.69) is 102 Å². The Balaban J connectivity index is 0.00000160. The second kappa shape index (κ2) is 9.00. The van der Waals surface area contributed by atoms with E-state index in [0.29, 0.717) is 7.35 Å². The molecule has 0 amide bonds. The van der Waals surface area contributed by atoms with Crippen molar-refractivity contribution in [1.29, 1.82) is 0 Å². The Bertz CT molecular complexity index is 941. The van der Waals surface area contributed by atoms with Crippen LogP contribution in [0.2, 0.25) is 3.67 Å². The molecule has 4 rings (SSSR count). The summed E-state index contributed by atoms with van der Waals surface area (Å²) in [5, 5.41) is 0. The third-order valence-corrected chi connectivity index (χ3v) is 15.7. The first-order chi connectivity index (χ1) is 13.1. The molecule has 2 aliphatic carbocycles. The van der Waals surface area contributed by atoms with Crippen molar-refractivity contribution in [3.05, 3.63) is 83.0 Å². The summed E-state index contributed by atoms with van der Waals surface area (Å²) in [6.45, 7) is 13.9. The largest absolute Gasteiger partial charge is 1.00 e. The molecular formula is C27H32Cl2Hf. The van der Waals surface area contributed by atoms with Crippen LogP contribution in [0.25, 0.3) is 11.1 Å². The fourth-order valence-corrected chi connectivity index (χ4v) is 13.0. The number of benzene rings is 2. The van der Waals surface area contributed by atoms with E-state index in [4.69, 9.17) is 4.26 Å². The Hall–Kier alpha value is -0.760. The molecule has 158 valence electrons. The van der Waals surface area contributed by atoms with Gasteiger partial charge in [0.2, 0.25) is 0 Å². The Morgan fingerprint density at radius 2 is 1.10 bits per heavy atom. The van der Waals surface area contributed by atoms with Gasteiger partial charge in [0.1, 0.15) is 0 Å². The summed E-state index contributed by atoms with van der Waals surface area (Å²) in [5.74, 6) is 0. The van der Waals surface area contributed by atoms with E-state index in [0.717, 1.165) is 0 Å². The Labute approximate surface area is 202 Å². The van der Waals surface area contributed by atoms with Crippen LogP contribution >= 0.6 is 0 Å². The predicted octanol–water partition coefficient (Wildman–Crippen LogP) is 1.32. The zero-order valence-corrected chi connectivity index (χ0v) is 24.0. The van der Waals surface area contributed by atoms with Crippen LogP contribution in [0.1, 0.15) is 67.5 Å². The number of hydrogen-bond acceptors (Lipinski definition) is 0. The van der Waals surface area contributed by atoms with Crippen LogP contribution in [-0.4, -0.2) is 4.26 Å². The molecule has 0 nitrogen and oxygen atoms in total. The molecule has 0 bridgehead atoms. The van der Waals surface area contributed by atoms with Gasteiger partial charge in [0.05, 0.1) is 0 Å². The third-order valence-electron chi connectivity index (χ3n) is 6.29. The smallest absolute Gasteiger partial charge is 1.00 e. The summed E-state index contributed by atoms with van der Waals surface area (Å²) in [4.78, 5) is 0. The predicted molar refractivity (Wildman–Crippen MR) is 120 cm³/mol. The molecule has 2 aliphatic rings. The van der Waals surface area contributed by atoms with Gasteiger partial charge < -0.3 is 24.8 Å². The van der Waals surface area contributed by atoms with Crippen molar-refractivity contribution in [1.82, 2.24) is 0 Å². The van der Waals surface area contributed by atoms with Crippen molar-refractivity contribution in [2.24, 2.45) is 0 Å². The summed E-state index contributed by atoms with van der Waals surface area (Å²) < 4.78 is 6.06. The van der Waals surface area contributed by atoms with Crippen molar-refractivity contribution >= 4 is 4.26 Å². The van der Waals surface area contributed by atoms with E-state index in [-0.39, 0.29) is 35.6 Å². The first-order valence-electron chi connectivity index (χ1n) is 10.4. The summed E-state index contributed by atoms with van der Waals surface area (Å²) in [6, 6.07) is 14.5. The van der Waals surface area contributed by atoms with E-state index >= 15 is 0 Å². The van der Waals surface area contributed by atoms with Crippen LogP contribution in [0.5, 0.6) is 0 Å². The number of fused-ring (bicyclic) bond motifs is 3. The molecule has 0 aromatic heterocycles. The van der Waals surface area contributed by atoms with Crippen molar-refractivity contribution in [2.45, 2.75) is 59.7 Å². The van der Waals surface area contributed by atoms with Crippen LogP contribution in [0.4, 0.5) is 0 Å². The minimum atomic E-state index is -2.23. The zero-order chi connectivity index (χ0) is 20.3. The average Bonchev–Trinajstić information content (AvgIpc) is 3.25. The standard InChI is InChI=1S/C21H25.C5H5.CH2.2ClH.Hf/c1-20(2,3)16-7-9-18-14(12-16)11-15-13-17(21(4,5)6)8-10-19(15)18;1-2-4-5-3-1;;;;/h7-13H,1-6H3;1-5H;1H2;2*1H;/q;;;;;+2/p-2. The van der Waals surface area contributed by atoms with Gasteiger partial charge in [-0.15, -0.1) is 0 Å². The summed E-state index contributed by atoms with van der Waals surface area (Å²) in [5.41, 5.74) is 9.23. The number of rotatable bonds is 2. The molecular weight excluding hydrogens is 574 g/mol. The quantitative estimate of drug-likeness (QED) is 0.454. The molecule has 0 heterocycles. The second-order valence-corrected chi connectivity index (χ2v) is 19.0. The summed E-state index contributed by atoms with van der Waals surface area (Å²) in [7, 11) is 0. The maximum Gasteiger partial charge on any atom is -1.00 e. The van der Waals surface area contributed by atoms with Crippen LogP contribution < -0.4 is 24.8 Å². The average molecular weight is 606 g/mol. The molecule has 0 saturated heterocycles. The van der Waals surface area contributed by atoms with Gasteiger partial charge in [-0.3, -0.25) is 0 Å². The number of hydrogen-bond donors (Lipinski definition) is 0. The minimum absolute atomic E-state index is 0. The van der Waals surface area contributed by atoms with Gasteiger partial charge in [0.25, 0.3) is 0 Å². The molecule has 30 heavy (non-hydrogen) atoms. The van der Waals surface area contributed by atoms with E-state index in [1.165, 1.54) is 22.3 Å². The number of halogens is 2. The third kappa shape index (κ3) is 4.54. The van der Waals surface area contributed by atoms with Gasteiger partial charge in [0.15, 0.2) is 0 Å². The van der Waals surface area contributed by atoms with Crippen molar-refractivity contribution in [3.8, 4) is 11.1 Å². The van der Waals surface area contributed by atoms with Crippen LogP contribution in [0.3, 0.4) is 0 Å². The maximum atomic E-state index is 4.89. The second-order valence-electron chi connectivity index (χ2n) is 10.4. The molecule has 0 N–H and O–H groups in total. The zero-order valence-electron chi connectivity index (χ0n) is 18.9. The minimum Gasteiger partial charge on any atom is -1.00 e. The number of allylic oxidation sites excluding steroid dienone is 4. The van der Waals surface area contributed by atoms with Crippen LogP contribution in [-0.2, 0) is 31.8 Å². The van der Waals surface area contributed by atoms with Crippen LogP contribution in [0, 0.1) is 0 Å². The van der Waals surface area contributed by atoms with E-state index in [1.54, 1.807) is 11.1 Å². The first kappa shape index (κ1) is 25.5. The van der Waals surface area contributed by atoms with Gasteiger partial charge in [-0.2, -0.15) is 0 Å². The fourth-order valence-electron chi connectivity index (χ4n) is 4.47. The van der Waals surface area contributed by atoms with Crippen molar-refractivity contribution in [3.63, 3.8) is 0 Å². The molecule has 0 spiro atoms. The van der Waals surface area contributed by atoms with E-state index < -0.39 is 21.0 Å². The summed E-state index contributed by atoms with van der Waals surface area (Å²) >= 11 is -2.23. The fraction of sp³-hybridized carbons (Fsp3) is 0.370. The molecule has 0 atom stereocenters. The normalized spacial score (nSPS) is 15.1. The molecule has 2 aromatic rings. The first-order valence-corrected chi connectivity index (χ1v) is 17.1. The molecule has 0 unspecified atom stereocenters. The van der Waals surface area contributed by atoms with Crippen molar-refractivity contribution < 1.29 is 45.8 Å². The topological polar surface area (TPSA) is 0 Å². The van der Waals surface area contributed by atoms with Gasteiger partial charge in [-0.1, -0.05) is 0 Å². The van der Waals surface area contributed by atoms with E-state index in [9.17, 15) is 0 Å². The van der Waals surface area contributed by atoms with Gasteiger partial charge in [-0.05, 0) is 0 Å². The maximum absolute atomic E-state index is 4.89. The molecule has 2 aromatic carbocycles. The Morgan fingerprint density at radius 1 is 0.700 bits per heavy atom. The van der Waals surface area contributed by atoms with Gasteiger partial charge in [0, 0.05) is 0 Å². The SMILES string of the molecule is [CH2]=[Hf+2]([CH]1C=CC=C1)[CH]1c2cc(C(C)(C)C)ccc2-c2ccc(C(C)(C)C)cc21.[Cl-].[Cl-]. The monoisotopic (exact) mass is 606 g/mol. The molecule has 0 saturated carbocycles. The van der Waals surface area contributed by atoms with Crippen LogP contribution in [0.15, 0.2) is 60.7 Å². The molecule has 0 radical (unpaired) electrons. The molecule has 0 fully saturated rings. The van der Waals surface area contributed by atoms with E-state index in [1.807, 2.05) is 0 Å². The van der Waals surface area contributed by atoms with Gasteiger partial charge in [-0.25, -0.2) is 0 Å². The molecule has 0 aliphatic heterocycles. The molecule has 3 heteroatoms. The van der Waals surface area contributed by atoms with Gasteiger partial charge >= 0.3 is 179 Å².